The number of carbonyl (C=O) groups is 1. The standard InChI is InChI=1S/C6H9NO4/c1-11-6(9)5-7(10)3-2-4-8/h2,10H,3,5H2,1H3. The highest BCUT2D eigenvalue weighted by atomic mass is 16.5. The van der Waals surface area contributed by atoms with E-state index < -0.39 is 5.97 Å². The highest BCUT2D eigenvalue weighted by Crippen LogP contribution is 1.82. The lowest BCUT2D eigenvalue weighted by Gasteiger charge is -2.08. The summed E-state index contributed by atoms with van der Waals surface area (Å²) in [6.45, 7) is -0.284. The molecular formula is C6H9NO4. The monoisotopic (exact) mass is 159 g/mol. The molecule has 0 aliphatic rings. The molecule has 0 aromatic rings. The number of rotatable bonds is 4. The number of ether oxygens (including phenoxy) is 1. The van der Waals surface area contributed by atoms with Crippen molar-refractivity contribution in [3.05, 3.63) is 6.08 Å². The van der Waals surface area contributed by atoms with E-state index in [2.05, 4.69) is 4.74 Å². The minimum Gasteiger partial charge on any atom is -0.468 e. The number of hydroxylamine groups is 2. The van der Waals surface area contributed by atoms with E-state index in [1.54, 1.807) is 0 Å². The molecule has 0 fully saturated rings. The first kappa shape index (κ1) is 9.84. The predicted octanol–water partition coefficient (Wildman–Crippen LogP) is -0.762. The molecule has 0 aliphatic heterocycles. The number of hydrogen-bond donors (Lipinski definition) is 1. The van der Waals surface area contributed by atoms with Crippen molar-refractivity contribution < 1.29 is 19.5 Å². The van der Waals surface area contributed by atoms with Crippen LogP contribution in [0.1, 0.15) is 0 Å². The molecule has 1 N–H and O–H groups in total. The third kappa shape index (κ3) is 5.29. The molecule has 0 rings (SSSR count). The van der Waals surface area contributed by atoms with Crippen LogP contribution in [-0.2, 0) is 14.3 Å². The Morgan fingerprint density at radius 3 is 2.91 bits per heavy atom. The summed E-state index contributed by atoms with van der Waals surface area (Å²) in [4.78, 5) is 20.1. The van der Waals surface area contributed by atoms with Crippen LogP contribution in [0.4, 0.5) is 0 Å². The normalized spacial score (nSPS) is 9.00. The summed E-state index contributed by atoms with van der Waals surface area (Å²) in [5, 5.41) is 9.45. The van der Waals surface area contributed by atoms with Crippen molar-refractivity contribution in [1.29, 1.82) is 0 Å². The molecule has 5 heteroatoms. The number of carbonyl (C=O) groups excluding carboxylic acids is 2. The fraction of sp³-hybridized carbons (Fsp3) is 0.500. The first-order chi connectivity index (χ1) is 5.20. The maximum Gasteiger partial charge on any atom is 0.322 e. The largest absolute Gasteiger partial charge is 0.468 e. The first-order valence-corrected chi connectivity index (χ1v) is 2.90. The van der Waals surface area contributed by atoms with Crippen LogP contribution in [-0.4, -0.2) is 42.4 Å². The molecule has 0 radical (unpaired) electrons. The van der Waals surface area contributed by atoms with Crippen molar-refractivity contribution in [1.82, 2.24) is 5.06 Å². The molecule has 0 atom stereocenters. The van der Waals surface area contributed by atoms with E-state index in [0.29, 0.717) is 5.06 Å². The van der Waals surface area contributed by atoms with Gasteiger partial charge in [0.05, 0.1) is 13.7 Å². The van der Waals surface area contributed by atoms with Crippen molar-refractivity contribution >= 4 is 11.9 Å². The zero-order valence-corrected chi connectivity index (χ0v) is 6.11. The second kappa shape index (κ2) is 5.61. The van der Waals surface area contributed by atoms with Crippen molar-refractivity contribution in [3.8, 4) is 0 Å². The van der Waals surface area contributed by atoms with Crippen LogP contribution in [0.3, 0.4) is 0 Å². The van der Waals surface area contributed by atoms with Gasteiger partial charge >= 0.3 is 5.97 Å². The number of methoxy groups -OCH3 is 1. The highest BCUT2D eigenvalue weighted by molar-refractivity contribution is 5.71. The smallest absolute Gasteiger partial charge is 0.322 e. The third-order valence-electron chi connectivity index (χ3n) is 0.925. The molecule has 0 bridgehead atoms. The highest BCUT2D eigenvalue weighted by Gasteiger charge is 2.05. The molecule has 11 heavy (non-hydrogen) atoms. The van der Waals surface area contributed by atoms with Crippen LogP contribution in [0.15, 0.2) is 6.08 Å². The van der Waals surface area contributed by atoms with Crippen molar-refractivity contribution in [3.63, 3.8) is 0 Å². The van der Waals surface area contributed by atoms with Gasteiger partial charge in [-0.15, -0.1) is 0 Å². The van der Waals surface area contributed by atoms with Gasteiger partial charge in [-0.05, 0) is 0 Å². The first-order valence-electron chi connectivity index (χ1n) is 2.90. The van der Waals surface area contributed by atoms with Gasteiger partial charge in [0.2, 0.25) is 0 Å². The molecule has 0 aromatic carbocycles. The SMILES string of the molecule is COC(=O)CN(O)CC=C=O. The molecule has 0 amide bonds. The zero-order valence-electron chi connectivity index (χ0n) is 6.11. The molecular weight excluding hydrogens is 150 g/mol. The molecule has 62 valence electrons. The molecule has 0 unspecified atom stereocenters. The van der Waals surface area contributed by atoms with Gasteiger partial charge in [0.25, 0.3) is 0 Å². The van der Waals surface area contributed by atoms with E-state index in [9.17, 15) is 9.59 Å². The van der Waals surface area contributed by atoms with Gasteiger partial charge < -0.3 is 9.94 Å². The summed E-state index contributed by atoms with van der Waals surface area (Å²) in [6.07, 6.45) is 1.06. The summed E-state index contributed by atoms with van der Waals surface area (Å²) in [5.74, 6) is 0.898. The topological polar surface area (TPSA) is 66.8 Å². The molecule has 0 aliphatic carbocycles. The van der Waals surface area contributed by atoms with Gasteiger partial charge in [-0.25, -0.2) is 4.79 Å². The minimum atomic E-state index is -0.563. The van der Waals surface area contributed by atoms with E-state index >= 15 is 0 Å². The Kier molecular flexibility index (Phi) is 5.02. The van der Waals surface area contributed by atoms with Crippen LogP contribution in [0.5, 0.6) is 0 Å². The average molecular weight is 159 g/mol. The zero-order chi connectivity index (χ0) is 8.69. The lowest BCUT2D eigenvalue weighted by molar-refractivity contribution is -0.154. The van der Waals surface area contributed by atoms with Crippen LogP contribution in [0.25, 0.3) is 0 Å². The Morgan fingerprint density at radius 2 is 2.45 bits per heavy atom. The van der Waals surface area contributed by atoms with E-state index in [0.717, 1.165) is 6.08 Å². The lowest BCUT2D eigenvalue weighted by atomic mass is 10.5. The summed E-state index contributed by atoms with van der Waals surface area (Å²) >= 11 is 0. The molecule has 5 nitrogen and oxygen atoms in total. The van der Waals surface area contributed by atoms with Crippen LogP contribution < -0.4 is 0 Å². The minimum absolute atomic E-state index is 0.0292. The predicted molar refractivity (Wildman–Crippen MR) is 35.6 cm³/mol. The van der Waals surface area contributed by atoms with Gasteiger partial charge in [0.15, 0.2) is 0 Å². The summed E-state index contributed by atoms with van der Waals surface area (Å²) in [5.41, 5.74) is 0. The fourth-order valence-corrected chi connectivity index (χ4v) is 0.421. The van der Waals surface area contributed by atoms with E-state index in [1.165, 1.54) is 13.1 Å². The number of hydrogen-bond acceptors (Lipinski definition) is 5. The van der Waals surface area contributed by atoms with Gasteiger partial charge in [0.1, 0.15) is 12.5 Å². The van der Waals surface area contributed by atoms with E-state index in [-0.39, 0.29) is 13.1 Å². The quantitative estimate of drug-likeness (QED) is 0.331. The van der Waals surface area contributed by atoms with Crippen molar-refractivity contribution in [2.75, 3.05) is 20.2 Å². The maximum atomic E-state index is 10.4. The van der Waals surface area contributed by atoms with Crippen molar-refractivity contribution in [2.24, 2.45) is 0 Å². The Labute approximate surface area is 63.8 Å². The second-order valence-corrected chi connectivity index (χ2v) is 1.75. The fourth-order valence-electron chi connectivity index (χ4n) is 0.421. The van der Waals surface area contributed by atoms with Crippen LogP contribution in [0.2, 0.25) is 0 Å². The molecule has 0 spiro atoms. The van der Waals surface area contributed by atoms with Gasteiger partial charge in [-0.1, -0.05) is 0 Å². The maximum absolute atomic E-state index is 10.4. The molecule has 0 aromatic heterocycles. The second-order valence-electron chi connectivity index (χ2n) is 1.75. The van der Waals surface area contributed by atoms with Gasteiger partial charge in [0, 0.05) is 6.08 Å². The van der Waals surface area contributed by atoms with Crippen molar-refractivity contribution in [2.45, 2.75) is 0 Å². The molecule has 0 heterocycles. The van der Waals surface area contributed by atoms with Crippen LogP contribution >= 0.6 is 0 Å². The van der Waals surface area contributed by atoms with Gasteiger partial charge in [-0.3, -0.25) is 4.79 Å². The Hall–Kier alpha value is -1.16. The Balaban J connectivity index is 3.59. The molecule has 0 saturated carbocycles. The van der Waals surface area contributed by atoms with E-state index in [1.807, 2.05) is 0 Å². The van der Waals surface area contributed by atoms with Crippen LogP contribution in [0, 0.1) is 0 Å². The lowest BCUT2D eigenvalue weighted by Crippen LogP contribution is -2.27. The summed E-state index contributed by atoms with van der Waals surface area (Å²) < 4.78 is 4.25. The van der Waals surface area contributed by atoms with Gasteiger partial charge in [-0.2, -0.15) is 5.06 Å². The Bertz CT molecular complexity index is 173. The number of nitrogens with zero attached hydrogens (tertiary/aromatic N) is 1. The number of esters is 1. The van der Waals surface area contributed by atoms with E-state index in [4.69, 9.17) is 5.21 Å². The summed E-state index contributed by atoms with van der Waals surface area (Å²) in [6, 6.07) is 0. The molecule has 0 saturated heterocycles. The Morgan fingerprint density at radius 1 is 1.82 bits per heavy atom. The average Bonchev–Trinajstić information content (AvgIpc) is 2.00. The third-order valence-corrected chi connectivity index (χ3v) is 0.925. The summed E-state index contributed by atoms with van der Waals surface area (Å²) in [7, 11) is 1.21.